The van der Waals surface area contributed by atoms with Crippen molar-refractivity contribution < 1.29 is 0 Å². The standard InChI is InChI=1S/C11H16BrN/c1-7(2)11(13)9-5-4-8(3)10(12)6-9/h4-7,11H,13H2,1-3H3/t11-/m0/s1. The molecule has 0 bridgehead atoms. The van der Waals surface area contributed by atoms with E-state index in [1.165, 1.54) is 11.1 Å². The molecule has 72 valence electrons. The van der Waals surface area contributed by atoms with Gasteiger partial charge in [0.05, 0.1) is 0 Å². The number of nitrogens with two attached hydrogens (primary N) is 1. The van der Waals surface area contributed by atoms with Crippen molar-refractivity contribution in [3.8, 4) is 0 Å². The fourth-order valence-corrected chi connectivity index (χ4v) is 1.60. The lowest BCUT2D eigenvalue weighted by atomic mass is 9.96. The number of rotatable bonds is 2. The molecular formula is C11H16BrN. The average molecular weight is 242 g/mol. The second-order valence-corrected chi connectivity index (χ2v) is 4.63. The van der Waals surface area contributed by atoms with Crippen molar-refractivity contribution in [2.24, 2.45) is 11.7 Å². The Morgan fingerprint density at radius 3 is 2.38 bits per heavy atom. The number of aryl methyl sites for hydroxylation is 1. The zero-order valence-corrected chi connectivity index (χ0v) is 9.93. The van der Waals surface area contributed by atoms with Crippen LogP contribution in [0.3, 0.4) is 0 Å². The number of halogens is 1. The Morgan fingerprint density at radius 2 is 1.92 bits per heavy atom. The summed E-state index contributed by atoms with van der Waals surface area (Å²) in [4.78, 5) is 0. The first kappa shape index (κ1) is 10.7. The quantitative estimate of drug-likeness (QED) is 0.844. The zero-order valence-electron chi connectivity index (χ0n) is 8.34. The van der Waals surface area contributed by atoms with Crippen molar-refractivity contribution in [3.63, 3.8) is 0 Å². The molecule has 0 saturated carbocycles. The lowest BCUT2D eigenvalue weighted by molar-refractivity contribution is 0.514. The van der Waals surface area contributed by atoms with E-state index in [2.05, 4.69) is 54.9 Å². The average Bonchev–Trinajstić information content (AvgIpc) is 2.08. The van der Waals surface area contributed by atoms with Crippen molar-refractivity contribution in [2.45, 2.75) is 26.8 Å². The third kappa shape index (κ3) is 2.55. The van der Waals surface area contributed by atoms with Gasteiger partial charge in [-0.05, 0) is 30.0 Å². The van der Waals surface area contributed by atoms with Gasteiger partial charge in [-0.25, -0.2) is 0 Å². The zero-order chi connectivity index (χ0) is 10.0. The molecule has 0 aliphatic carbocycles. The molecule has 2 heteroatoms. The Labute approximate surface area is 88.5 Å². The summed E-state index contributed by atoms with van der Waals surface area (Å²) in [7, 11) is 0. The van der Waals surface area contributed by atoms with Crippen molar-refractivity contribution in [1.29, 1.82) is 0 Å². The Kier molecular flexibility index (Phi) is 3.51. The smallest absolute Gasteiger partial charge is 0.0318 e. The predicted octanol–water partition coefficient (Wildman–Crippen LogP) is 3.41. The van der Waals surface area contributed by atoms with Gasteiger partial charge in [-0.2, -0.15) is 0 Å². The molecule has 0 aromatic heterocycles. The minimum Gasteiger partial charge on any atom is -0.324 e. The Hall–Kier alpha value is -0.340. The fourth-order valence-electron chi connectivity index (χ4n) is 1.20. The highest BCUT2D eigenvalue weighted by Gasteiger charge is 2.10. The molecule has 0 unspecified atom stereocenters. The highest BCUT2D eigenvalue weighted by Crippen LogP contribution is 2.24. The van der Waals surface area contributed by atoms with Crippen LogP contribution in [0.15, 0.2) is 22.7 Å². The van der Waals surface area contributed by atoms with Gasteiger partial charge >= 0.3 is 0 Å². The summed E-state index contributed by atoms with van der Waals surface area (Å²) >= 11 is 3.51. The molecular weight excluding hydrogens is 226 g/mol. The van der Waals surface area contributed by atoms with Crippen LogP contribution in [-0.4, -0.2) is 0 Å². The van der Waals surface area contributed by atoms with E-state index in [4.69, 9.17) is 5.73 Å². The van der Waals surface area contributed by atoms with E-state index < -0.39 is 0 Å². The highest BCUT2D eigenvalue weighted by molar-refractivity contribution is 9.10. The third-order valence-corrected chi connectivity index (χ3v) is 3.15. The van der Waals surface area contributed by atoms with E-state index in [9.17, 15) is 0 Å². The van der Waals surface area contributed by atoms with Crippen LogP contribution in [-0.2, 0) is 0 Å². The van der Waals surface area contributed by atoms with E-state index in [1.54, 1.807) is 0 Å². The molecule has 0 spiro atoms. The SMILES string of the molecule is Cc1ccc([C@@H](N)C(C)C)cc1Br. The first-order chi connectivity index (χ1) is 6.02. The maximum Gasteiger partial charge on any atom is 0.0318 e. The molecule has 0 amide bonds. The van der Waals surface area contributed by atoms with Gasteiger partial charge in [0, 0.05) is 10.5 Å². The van der Waals surface area contributed by atoms with E-state index in [1.807, 2.05) is 0 Å². The van der Waals surface area contributed by atoms with Crippen LogP contribution in [0, 0.1) is 12.8 Å². The molecule has 0 aliphatic heterocycles. The number of benzene rings is 1. The van der Waals surface area contributed by atoms with E-state index in [0.29, 0.717) is 5.92 Å². The Bertz CT molecular complexity index is 294. The van der Waals surface area contributed by atoms with Gasteiger partial charge in [-0.1, -0.05) is 41.9 Å². The maximum absolute atomic E-state index is 6.04. The molecule has 0 heterocycles. The summed E-state index contributed by atoms with van der Waals surface area (Å²) < 4.78 is 1.14. The van der Waals surface area contributed by atoms with Crippen LogP contribution in [0.5, 0.6) is 0 Å². The first-order valence-electron chi connectivity index (χ1n) is 4.54. The molecule has 1 atom stereocenters. The van der Waals surface area contributed by atoms with Gasteiger partial charge in [-0.3, -0.25) is 0 Å². The van der Waals surface area contributed by atoms with Gasteiger partial charge < -0.3 is 5.73 Å². The van der Waals surface area contributed by atoms with Crippen LogP contribution in [0.4, 0.5) is 0 Å². The van der Waals surface area contributed by atoms with Crippen LogP contribution in [0.25, 0.3) is 0 Å². The van der Waals surface area contributed by atoms with Crippen molar-refractivity contribution in [1.82, 2.24) is 0 Å². The molecule has 13 heavy (non-hydrogen) atoms. The van der Waals surface area contributed by atoms with E-state index in [0.717, 1.165) is 4.47 Å². The molecule has 1 nitrogen and oxygen atoms in total. The Morgan fingerprint density at radius 1 is 1.31 bits per heavy atom. The van der Waals surface area contributed by atoms with Crippen molar-refractivity contribution in [2.75, 3.05) is 0 Å². The molecule has 0 radical (unpaired) electrons. The second-order valence-electron chi connectivity index (χ2n) is 3.78. The van der Waals surface area contributed by atoms with Crippen LogP contribution < -0.4 is 5.73 Å². The van der Waals surface area contributed by atoms with E-state index in [-0.39, 0.29) is 6.04 Å². The highest BCUT2D eigenvalue weighted by atomic mass is 79.9. The van der Waals surface area contributed by atoms with Crippen molar-refractivity contribution in [3.05, 3.63) is 33.8 Å². The van der Waals surface area contributed by atoms with Crippen LogP contribution in [0.1, 0.15) is 31.0 Å². The van der Waals surface area contributed by atoms with Gasteiger partial charge in [0.2, 0.25) is 0 Å². The monoisotopic (exact) mass is 241 g/mol. The lowest BCUT2D eigenvalue weighted by Crippen LogP contribution is -2.16. The minimum absolute atomic E-state index is 0.136. The second kappa shape index (κ2) is 4.25. The summed E-state index contributed by atoms with van der Waals surface area (Å²) in [6, 6.07) is 6.45. The number of hydrogen-bond acceptors (Lipinski definition) is 1. The third-order valence-electron chi connectivity index (χ3n) is 2.30. The summed E-state index contributed by atoms with van der Waals surface area (Å²) in [5, 5.41) is 0. The largest absolute Gasteiger partial charge is 0.324 e. The molecule has 0 saturated heterocycles. The molecule has 1 aromatic carbocycles. The first-order valence-corrected chi connectivity index (χ1v) is 5.33. The Balaban J connectivity index is 2.97. The van der Waals surface area contributed by atoms with Gasteiger partial charge in [0.15, 0.2) is 0 Å². The van der Waals surface area contributed by atoms with Gasteiger partial charge in [-0.15, -0.1) is 0 Å². The molecule has 0 fully saturated rings. The predicted molar refractivity (Wildman–Crippen MR) is 60.6 cm³/mol. The lowest BCUT2D eigenvalue weighted by Gasteiger charge is -2.16. The minimum atomic E-state index is 0.136. The summed E-state index contributed by atoms with van der Waals surface area (Å²) in [5.41, 5.74) is 8.49. The fraction of sp³-hybridized carbons (Fsp3) is 0.455. The van der Waals surface area contributed by atoms with Gasteiger partial charge in [0.1, 0.15) is 0 Å². The van der Waals surface area contributed by atoms with Crippen LogP contribution in [0.2, 0.25) is 0 Å². The molecule has 1 aromatic rings. The summed E-state index contributed by atoms with van der Waals surface area (Å²) in [6.07, 6.45) is 0. The normalized spacial score (nSPS) is 13.4. The molecule has 0 aliphatic rings. The van der Waals surface area contributed by atoms with E-state index >= 15 is 0 Å². The maximum atomic E-state index is 6.04. The topological polar surface area (TPSA) is 26.0 Å². The van der Waals surface area contributed by atoms with Gasteiger partial charge in [0.25, 0.3) is 0 Å². The van der Waals surface area contributed by atoms with Crippen molar-refractivity contribution >= 4 is 15.9 Å². The number of hydrogen-bond donors (Lipinski definition) is 1. The van der Waals surface area contributed by atoms with Crippen LogP contribution >= 0.6 is 15.9 Å². The summed E-state index contributed by atoms with van der Waals surface area (Å²) in [5.74, 6) is 0.481. The molecule has 2 N–H and O–H groups in total. The summed E-state index contributed by atoms with van der Waals surface area (Å²) in [6.45, 7) is 6.35. The molecule has 1 rings (SSSR count).